The molecule has 2 aromatic rings. The van der Waals surface area contributed by atoms with Gasteiger partial charge in [-0.1, -0.05) is 27.5 Å². The minimum atomic E-state index is 0.556. The molecule has 2 nitrogen and oxygen atoms in total. The minimum absolute atomic E-state index is 0.556. The van der Waals surface area contributed by atoms with Crippen molar-refractivity contribution in [3.05, 3.63) is 27.8 Å². The van der Waals surface area contributed by atoms with Gasteiger partial charge in [0, 0.05) is 16.9 Å². The Morgan fingerprint density at radius 1 is 1.50 bits per heavy atom. The van der Waals surface area contributed by atoms with Gasteiger partial charge in [0.05, 0.1) is 5.52 Å². The molecule has 2 rings (SSSR count). The van der Waals surface area contributed by atoms with Gasteiger partial charge in [-0.05, 0) is 18.2 Å². The lowest BCUT2D eigenvalue weighted by Crippen LogP contribution is -1.88. The number of aryl methyl sites for hydroxylation is 1. The van der Waals surface area contributed by atoms with E-state index in [0.717, 1.165) is 15.4 Å². The van der Waals surface area contributed by atoms with E-state index < -0.39 is 0 Å². The van der Waals surface area contributed by atoms with E-state index in [-0.39, 0.29) is 0 Å². The highest BCUT2D eigenvalue weighted by Gasteiger charge is 2.05. The third-order valence-corrected chi connectivity index (χ3v) is 2.54. The summed E-state index contributed by atoms with van der Waals surface area (Å²) >= 11 is 9.27. The maximum absolute atomic E-state index is 5.88. The Labute approximate surface area is 83.3 Å². The molecule has 0 fully saturated rings. The zero-order valence-corrected chi connectivity index (χ0v) is 8.72. The van der Waals surface area contributed by atoms with Crippen LogP contribution in [-0.2, 0) is 7.05 Å². The maximum atomic E-state index is 5.88. The van der Waals surface area contributed by atoms with Gasteiger partial charge in [-0.25, -0.2) is 0 Å². The smallest absolute Gasteiger partial charge is 0.158 e. The number of aromatic nitrogens is 2. The van der Waals surface area contributed by atoms with Crippen LogP contribution in [0.5, 0.6) is 0 Å². The number of benzene rings is 1. The highest BCUT2D eigenvalue weighted by molar-refractivity contribution is 9.10. The number of hydrogen-bond acceptors (Lipinski definition) is 1. The van der Waals surface area contributed by atoms with Gasteiger partial charge in [-0.15, -0.1) is 0 Å². The second-order valence-corrected chi connectivity index (χ2v) is 3.85. The fourth-order valence-electron chi connectivity index (χ4n) is 1.19. The Morgan fingerprint density at radius 2 is 2.25 bits per heavy atom. The second-order valence-electron chi connectivity index (χ2n) is 2.58. The molecule has 0 aliphatic carbocycles. The van der Waals surface area contributed by atoms with E-state index in [1.165, 1.54) is 0 Å². The van der Waals surface area contributed by atoms with Crippen LogP contribution in [0, 0.1) is 0 Å². The zero-order valence-electron chi connectivity index (χ0n) is 6.38. The molecule has 1 aromatic carbocycles. The largest absolute Gasteiger partial charge is 0.266 e. The summed E-state index contributed by atoms with van der Waals surface area (Å²) in [6.07, 6.45) is 0. The van der Waals surface area contributed by atoms with Crippen LogP contribution in [0.3, 0.4) is 0 Å². The van der Waals surface area contributed by atoms with Crippen LogP contribution in [0.15, 0.2) is 22.7 Å². The first kappa shape index (κ1) is 8.08. The number of halogens is 2. The second kappa shape index (κ2) is 2.75. The molecule has 0 unspecified atom stereocenters. The summed E-state index contributed by atoms with van der Waals surface area (Å²) in [6, 6.07) is 5.90. The van der Waals surface area contributed by atoms with Crippen molar-refractivity contribution in [1.82, 2.24) is 9.78 Å². The lowest BCUT2D eigenvalue weighted by atomic mass is 10.3. The third kappa shape index (κ3) is 1.13. The normalized spacial score (nSPS) is 10.9. The molecule has 4 heteroatoms. The molecule has 12 heavy (non-hydrogen) atoms. The van der Waals surface area contributed by atoms with Crippen LogP contribution < -0.4 is 0 Å². The quantitative estimate of drug-likeness (QED) is 0.698. The summed E-state index contributed by atoms with van der Waals surface area (Å²) in [5.74, 6) is 0. The summed E-state index contributed by atoms with van der Waals surface area (Å²) in [6.45, 7) is 0. The minimum Gasteiger partial charge on any atom is -0.266 e. The standard InChI is InChI=1S/C8H6BrClN2/c1-12-7-4-5(9)2-3-6(7)8(10)11-12/h2-4H,1H3. The van der Waals surface area contributed by atoms with Gasteiger partial charge in [0.1, 0.15) is 0 Å². The lowest BCUT2D eigenvalue weighted by molar-refractivity contribution is 0.797. The van der Waals surface area contributed by atoms with Gasteiger partial charge >= 0.3 is 0 Å². The predicted octanol–water partition coefficient (Wildman–Crippen LogP) is 2.99. The first-order valence-electron chi connectivity index (χ1n) is 3.46. The Balaban J connectivity index is 2.90. The van der Waals surface area contributed by atoms with Crippen LogP contribution >= 0.6 is 27.5 Å². The van der Waals surface area contributed by atoms with Crippen molar-refractivity contribution in [2.24, 2.45) is 7.05 Å². The van der Waals surface area contributed by atoms with E-state index in [9.17, 15) is 0 Å². The number of nitrogens with zero attached hydrogens (tertiary/aromatic N) is 2. The van der Waals surface area contributed by atoms with Crippen molar-refractivity contribution >= 4 is 38.4 Å². The molecule has 0 spiro atoms. The van der Waals surface area contributed by atoms with Crippen molar-refractivity contribution in [2.45, 2.75) is 0 Å². The van der Waals surface area contributed by atoms with E-state index in [2.05, 4.69) is 21.0 Å². The van der Waals surface area contributed by atoms with E-state index in [1.54, 1.807) is 4.68 Å². The van der Waals surface area contributed by atoms with Gasteiger partial charge in [-0.2, -0.15) is 5.10 Å². The van der Waals surface area contributed by atoms with E-state index in [1.807, 2.05) is 25.2 Å². The van der Waals surface area contributed by atoms with Crippen molar-refractivity contribution < 1.29 is 0 Å². The van der Waals surface area contributed by atoms with Crippen LogP contribution in [0.4, 0.5) is 0 Å². The van der Waals surface area contributed by atoms with E-state index >= 15 is 0 Å². The molecular formula is C8H6BrClN2. The molecule has 0 bridgehead atoms. The van der Waals surface area contributed by atoms with Crippen molar-refractivity contribution in [1.29, 1.82) is 0 Å². The molecule has 0 saturated heterocycles. The van der Waals surface area contributed by atoms with Crippen molar-refractivity contribution in [2.75, 3.05) is 0 Å². The van der Waals surface area contributed by atoms with Crippen LogP contribution in [0.25, 0.3) is 10.9 Å². The molecule has 0 atom stereocenters. The topological polar surface area (TPSA) is 17.8 Å². The number of rotatable bonds is 0. The fraction of sp³-hybridized carbons (Fsp3) is 0.125. The van der Waals surface area contributed by atoms with Crippen LogP contribution in [-0.4, -0.2) is 9.78 Å². The Bertz CT molecular complexity index is 436. The van der Waals surface area contributed by atoms with Gasteiger partial charge in [0.2, 0.25) is 0 Å². The van der Waals surface area contributed by atoms with Crippen molar-refractivity contribution in [3.8, 4) is 0 Å². The predicted molar refractivity (Wildman–Crippen MR) is 53.4 cm³/mol. The van der Waals surface area contributed by atoms with Crippen LogP contribution in [0.1, 0.15) is 0 Å². The monoisotopic (exact) mass is 244 g/mol. The molecule has 1 aromatic heterocycles. The summed E-state index contributed by atoms with van der Waals surface area (Å²) < 4.78 is 2.80. The Kier molecular flexibility index (Phi) is 1.85. The lowest BCUT2D eigenvalue weighted by Gasteiger charge is -1.93. The molecule has 0 N–H and O–H groups in total. The molecule has 0 aliphatic rings. The third-order valence-electron chi connectivity index (χ3n) is 1.77. The Hall–Kier alpha value is -0.540. The molecule has 62 valence electrons. The van der Waals surface area contributed by atoms with Crippen LogP contribution in [0.2, 0.25) is 5.15 Å². The maximum Gasteiger partial charge on any atom is 0.158 e. The summed E-state index contributed by atoms with van der Waals surface area (Å²) in [4.78, 5) is 0. The molecule has 0 aliphatic heterocycles. The highest BCUT2D eigenvalue weighted by atomic mass is 79.9. The van der Waals surface area contributed by atoms with Gasteiger partial charge in [0.15, 0.2) is 5.15 Å². The van der Waals surface area contributed by atoms with Gasteiger partial charge in [-0.3, -0.25) is 4.68 Å². The summed E-state index contributed by atoms with van der Waals surface area (Å²) in [5, 5.41) is 5.64. The molecule has 0 radical (unpaired) electrons. The van der Waals surface area contributed by atoms with E-state index in [4.69, 9.17) is 11.6 Å². The number of hydrogen-bond donors (Lipinski definition) is 0. The molecule has 0 amide bonds. The highest BCUT2D eigenvalue weighted by Crippen LogP contribution is 2.24. The van der Waals surface area contributed by atoms with Gasteiger partial charge < -0.3 is 0 Å². The first-order chi connectivity index (χ1) is 5.68. The summed E-state index contributed by atoms with van der Waals surface area (Å²) in [7, 11) is 1.88. The Morgan fingerprint density at radius 3 is 3.00 bits per heavy atom. The molecule has 0 saturated carbocycles. The SMILES string of the molecule is Cn1nc(Cl)c2ccc(Br)cc21. The average Bonchev–Trinajstić information content (AvgIpc) is 2.28. The fourth-order valence-corrected chi connectivity index (χ4v) is 1.81. The average molecular weight is 246 g/mol. The first-order valence-corrected chi connectivity index (χ1v) is 4.63. The van der Waals surface area contributed by atoms with Crippen molar-refractivity contribution in [3.63, 3.8) is 0 Å². The molecular weight excluding hydrogens is 239 g/mol. The van der Waals surface area contributed by atoms with Gasteiger partial charge in [0.25, 0.3) is 0 Å². The number of fused-ring (bicyclic) bond motifs is 1. The summed E-state index contributed by atoms with van der Waals surface area (Å²) in [5.41, 5.74) is 1.04. The zero-order chi connectivity index (χ0) is 8.72. The van der Waals surface area contributed by atoms with E-state index in [0.29, 0.717) is 5.15 Å². The molecule has 1 heterocycles.